The number of rotatable bonds is 1. The highest BCUT2D eigenvalue weighted by Crippen LogP contribution is 1.93. The van der Waals surface area contributed by atoms with Gasteiger partial charge >= 0.3 is 5.97 Å². The Bertz CT molecular complexity index is 151. The van der Waals surface area contributed by atoms with Crippen LogP contribution in [0, 0.1) is 0 Å². The van der Waals surface area contributed by atoms with Gasteiger partial charge in [0.2, 0.25) is 0 Å². The summed E-state index contributed by atoms with van der Waals surface area (Å²) in [5.41, 5.74) is 2.83. The molecule has 3 heteroatoms. The minimum Gasteiger partial charge on any atom is -0.480 e. The molecule has 7 heavy (non-hydrogen) atoms. The number of carbonyl (C=O) groups is 1. The Labute approximate surface area is 46.3 Å². The lowest BCUT2D eigenvalue weighted by molar-refractivity contribution is -0.141. The summed E-state index contributed by atoms with van der Waals surface area (Å²) in [4.78, 5) is 10.2. The van der Waals surface area contributed by atoms with E-state index in [0.29, 0.717) is 0 Å². The molecule has 0 aromatic heterocycles. The maximum Gasteiger partial charge on any atom is 0.323 e. The summed E-state index contributed by atoms with van der Waals surface area (Å²) in [6.45, 7) is -1.69. The van der Waals surface area contributed by atoms with Gasteiger partial charge in [0.25, 0.3) is 0 Å². The zero-order chi connectivity index (χ0) is 8.58. The molecule has 1 atom stereocenters. The van der Waals surface area contributed by atoms with E-state index in [-0.39, 0.29) is 0 Å². The molecule has 0 aliphatic carbocycles. The van der Waals surface area contributed by atoms with E-state index in [1.54, 1.807) is 0 Å². The fourth-order valence-corrected chi connectivity index (χ4v) is 0. The second kappa shape index (κ2) is 1.50. The van der Waals surface area contributed by atoms with Crippen molar-refractivity contribution >= 4 is 5.97 Å². The van der Waals surface area contributed by atoms with Crippen LogP contribution in [0.15, 0.2) is 0 Å². The topological polar surface area (TPSA) is 63.3 Å². The Morgan fingerprint density at radius 2 is 2.57 bits per heavy atom. The molecular formula is C4H9NO2. The van der Waals surface area contributed by atoms with Crippen LogP contribution in [0.3, 0.4) is 0 Å². The molecule has 0 rings (SSSR count). The van der Waals surface area contributed by atoms with Gasteiger partial charge in [-0.25, -0.2) is 0 Å². The van der Waals surface area contributed by atoms with E-state index < -0.39 is 18.4 Å². The molecule has 0 aliphatic rings. The lowest BCUT2D eigenvalue weighted by Gasteiger charge is -2.09. The SMILES string of the molecule is [2H]C([2H])([2H])C(C)(N)C(=O)O. The van der Waals surface area contributed by atoms with Crippen molar-refractivity contribution in [3.8, 4) is 0 Å². The largest absolute Gasteiger partial charge is 0.480 e. The van der Waals surface area contributed by atoms with Gasteiger partial charge in [-0.3, -0.25) is 4.79 Å². The van der Waals surface area contributed by atoms with E-state index in [9.17, 15) is 4.79 Å². The second-order valence-corrected chi connectivity index (χ2v) is 1.51. The van der Waals surface area contributed by atoms with Crippen molar-refractivity contribution in [2.45, 2.75) is 19.3 Å². The molecule has 0 radical (unpaired) electrons. The fourth-order valence-electron chi connectivity index (χ4n) is 0. The predicted octanol–water partition coefficient (Wildman–Crippen LogP) is -0.192. The predicted molar refractivity (Wildman–Crippen MR) is 25.9 cm³/mol. The van der Waals surface area contributed by atoms with Crippen LogP contribution < -0.4 is 5.73 Å². The van der Waals surface area contributed by atoms with Crippen molar-refractivity contribution in [2.75, 3.05) is 0 Å². The third-order valence-electron chi connectivity index (χ3n) is 0.444. The van der Waals surface area contributed by atoms with Gasteiger partial charge in [0.15, 0.2) is 0 Å². The number of nitrogens with two attached hydrogens (primary N) is 1. The average Bonchev–Trinajstić information content (AvgIpc) is 1.62. The molecule has 0 saturated heterocycles. The molecule has 42 valence electrons. The molecule has 0 aromatic carbocycles. The van der Waals surface area contributed by atoms with E-state index in [2.05, 4.69) is 0 Å². The molecule has 0 amide bonds. The van der Waals surface area contributed by atoms with Gasteiger partial charge in [-0.05, 0) is 13.8 Å². The first-order valence-electron chi connectivity index (χ1n) is 3.22. The Hall–Kier alpha value is -0.570. The molecule has 1 unspecified atom stereocenters. The quantitative estimate of drug-likeness (QED) is 0.487. The maximum atomic E-state index is 10.2. The van der Waals surface area contributed by atoms with Crippen LogP contribution in [0.5, 0.6) is 0 Å². The summed E-state index contributed by atoms with van der Waals surface area (Å²) in [6.07, 6.45) is 0. The van der Waals surface area contributed by atoms with Crippen LogP contribution in [-0.2, 0) is 4.79 Å². The van der Waals surface area contributed by atoms with Gasteiger partial charge in [0.05, 0.1) is 0 Å². The lowest BCUT2D eigenvalue weighted by Crippen LogP contribution is -2.41. The zero-order valence-corrected chi connectivity index (χ0v) is 3.93. The first kappa shape index (κ1) is 2.67. The van der Waals surface area contributed by atoms with E-state index in [1.807, 2.05) is 0 Å². The van der Waals surface area contributed by atoms with Crippen molar-refractivity contribution in [2.24, 2.45) is 5.73 Å². The molecule has 3 N–H and O–H groups in total. The molecule has 0 heterocycles. The number of carboxylic acids is 1. The number of hydrogen-bond donors (Lipinski definition) is 2. The minimum absolute atomic E-state index is 0.961. The van der Waals surface area contributed by atoms with Gasteiger partial charge in [0.1, 0.15) is 5.54 Å². The number of aliphatic carboxylic acids is 1. The Morgan fingerprint density at radius 1 is 2.14 bits per heavy atom. The molecule has 0 spiro atoms. The van der Waals surface area contributed by atoms with E-state index in [1.165, 1.54) is 0 Å². The monoisotopic (exact) mass is 106 g/mol. The summed E-state index contributed by atoms with van der Waals surface area (Å²) in [7, 11) is 0. The Morgan fingerprint density at radius 3 is 2.57 bits per heavy atom. The third kappa shape index (κ3) is 2.17. The lowest BCUT2D eigenvalue weighted by atomic mass is 10.1. The normalized spacial score (nSPS) is 26.3. The van der Waals surface area contributed by atoms with Gasteiger partial charge < -0.3 is 10.8 Å². The molecule has 0 aromatic rings. The van der Waals surface area contributed by atoms with Crippen molar-refractivity contribution in [3.63, 3.8) is 0 Å². The smallest absolute Gasteiger partial charge is 0.323 e. The summed E-state index contributed by atoms with van der Waals surface area (Å²) >= 11 is 0. The maximum absolute atomic E-state index is 10.2. The molecule has 0 fully saturated rings. The Kier molecular flexibility index (Phi) is 0.571. The molecule has 3 nitrogen and oxygen atoms in total. The van der Waals surface area contributed by atoms with Gasteiger partial charge in [0, 0.05) is 4.11 Å². The van der Waals surface area contributed by atoms with E-state index in [0.717, 1.165) is 6.92 Å². The van der Waals surface area contributed by atoms with Gasteiger partial charge in [-0.1, -0.05) is 0 Å². The van der Waals surface area contributed by atoms with Gasteiger partial charge in [-0.2, -0.15) is 0 Å². The highest BCUT2D eigenvalue weighted by Gasteiger charge is 2.19. The first-order valence-corrected chi connectivity index (χ1v) is 1.72. The summed E-state index contributed by atoms with van der Waals surface area (Å²) in [5, 5.41) is 8.29. The molecule has 0 bridgehead atoms. The fraction of sp³-hybridized carbons (Fsp3) is 0.750. The van der Waals surface area contributed by atoms with Crippen LogP contribution in [0.1, 0.15) is 17.9 Å². The average molecular weight is 106 g/mol. The zero-order valence-electron chi connectivity index (χ0n) is 6.93. The van der Waals surface area contributed by atoms with Crippen molar-refractivity contribution in [3.05, 3.63) is 0 Å². The van der Waals surface area contributed by atoms with E-state index >= 15 is 0 Å². The highest BCUT2D eigenvalue weighted by atomic mass is 16.4. The van der Waals surface area contributed by atoms with Crippen molar-refractivity contribution in [1.29, 1.82) is 0 Å². The highest BCUT2D eigenvalue weighted by molar-refractivity contribution is 5.77. The van der Waals surface area contributed by atoms with Crippen molar-refractivity contribution in [1.82, 2.24) is 0 Å². The summed E-state index contributed by atoms with van der Waals surface area (Å²) in [6, 6.07) is 0. The summed E-state index contributed by atoms with van der Waals surface area (Å²) < 4.78 is 20.1. The standard InChI is InChI=1S/C4H9NO2/c1-4(2,5)3(6)7/h5H2,1-2H3,(H,6,7)/i1D3. The van der Waals surface area contributed by atoms with Crippen molar-refractivity contribution < 1.29 is 14.0 Å². The minimum atomic E-state index is -2.65. The van der Waals surface area contributed by atoms with Crippen LogP contribution >= 0.6 is 0 Å². The number of carboxylic acid groups (broad SMARTS) is 1. The third-order valence-corrected chi connectivity index (χ3v) is 0.444. The molecular weight excluding hydrogens is 94.0 g/mol. The molecule has 0 aliphatic heterocycles. The second-order valence-electron chi connectivity index (χ2n) is 1.51. The van der Waals surface area contributed by atoms with Crippen LogP contribution in [-0.4, -0.2) is 16.6 Å². The van der Waals surface area contributed by atoms with Gasteiger partial charge in [-0.15, -0.1) is 0 Å². The van der Waals surface area contributed by atoms with Crippen LogP contribution in [0.2, 0.25) is 0 Å². The molecule has 0 saturated carbocycles. The number of hydrogen-bond acceptors (Lipinski definition) is 2. The first-order chi connectivity index (χ1) is 4.19. The van der Waals surface area contributed by atoms with E-state index in [4.69, 9.17) is 15.0 Å². The van der Waals surface area contributed by atoms with Crippen LogP contribution in [0.25, 0.3) is 0 Å². The summed E-state index contributed by atoms with van der Waals surface area (Å²) in [5.74, 6) is -1.52. The Balaban J connectivity index is 4.57. The van der Waals surface area contributed by atoms with Crippen LogP contribution in [0.4, 0.5) is 0 Å².